The number of aryl methyl sites for hydroxylation is 1. The van der Waals surface area contributed by atoms with Crippen molar-refractivity contribution in [2.45, 2.75) is 6.92 Å². The molecule has 0 amide bonds. The summed E-state index contributed by atoms with van der Waals surface area (Å²) in [6.07, 6.45) is 0. The number of halogens is 1. The number of hydrogen-bond donors (Lipinski definition) is 2. The molecule has 2 rings (SSSR count). The van der Waals surface area contributed by atoms with Crippen molar-refractivity contribution < 1.29 is 0 Å². The van der Waals surface area contributed by atoms with E-state index in [0.29, 0.717) is 11.3 Å². The van der Waals surface area contributed by atoms with E-state index in [9.17, 15) is 0 Å². The molecular weight excluding hydrogens is 290 g/mol. The van der Waals surface area contributed by atoms with E-state index in [1.54, 1.807) is 12.1 Å². The molecule has 0 heterocycles. The Kier molecular flexibility index (Phi) is 3.54. The lowest BCUT2D eigenvalue weighted by atomic mass is 10.1. The van der Waals surface area contributed by atoms with Gasteiger partial charge in [0.1, 0.15) is 6.07 Å². The molecule has 0 aliphatic heterocycles. The number of hydrogen-bond acceptors (Lipinski definition) is 3. The van der Waals surface area contributed by atoms with Gasteiger partial charge in [-0.3, -0.25) is 0 Å². The largest absolute Gasteiger partial charge is 0.398 e. The lowest BCUT2D eigenvalue weighted by molar-refractivity contribution is 1.41. The van der Waals surface area contributed by atoms with Crippen molar-refractivity contribution in [1.82, 2.24) is 0 Å². The smallest absolute Gasteiger partial charge is 0.101 e. The summed E-state index contributed by atoms with van der Waals surface area (Å²) in [6, 6.07) is 13.4. The second-order valence-electron chi connectivity index (χ2n) is 4.00. The van der Waals surface area contributed by atoms with Gasteiger partial charge in [-0.2, -0.15) is 5.26 Å². The molecule has 2 aromatic carbocycles. The summed E-state index contributed by atoms with van der Waals surface area (Å²) in [4.78, 5) is 0. The zero-order valence-corrected chi connectivity index (χ0v) is 11.5. The van der Waals surface area contributed by atoms with E-state index >= 15 is 0 Å². The maximum atomic E-state index is 8.92. The van der Waals surface area contributed by atoms with Crippen LogP contribution in [0, 0.1) is 18.3 Å². The van der Waals surface area contributed by atoms with Crippen LogP contribution in [0.15, 0.2) is 40.9 Å². The van der Waals surface area contributed by atoms with Crippen LogP contribution < -0.4 is 11.1 Å². The Morgan fingerprint density at radius 2 is 1.83 bits per heavy atom. The third kappa shape index (κ3) is 2.63. The Balaban J connectivity index is 2.29. The quantitative estimate of drug-likeness (QED) is 0.826. The van der Waals surface area contributed by atoms with Gasteiger partial charge in [0.05, 0.1) is 5.56 Å². The summed E-state index contributed by atoms with van der Waals surface area (Å²) in [5.41, 5.74) is 9.63. The van der Waals surface area contributed by atoms with E-state index in [2.05, 4.69) is 27.3 Å². The van der Waals surface area contributed by atoms with E-state index in [1.165, 1.54) is 5.56 Å². The van der Waals surface area contributed by atoms with Crippen LogP contribution in [-0.4, -0.2) is 0 Å². The van der Waals surface area contributed by atoms with Crippen LogP contribution in [0.1, 0.15) is 11.1 Å². The highest BCUT2D eigenvalue weighted by Gasteiger charge is 2.02. The van der Waals surface area contributed by atoms with E-state index in [-0.39, 0.29) is 0 Å². The number of nitrogen functional groups attached to an aromatic ring is 1. The number of nitrogens with zero attached hydrogens (tertiary/aromatic N) is 1. The van der Waals surface area contributed by atoms with Crippen LogP contribution in [0.3, 0.4) is 0 Å². The topological polar surface area (TPSA) is 61.8 Å². The number of nitriles is 1. The molecule has 0 saturated heterocycles. The summed E-state index contributed by atoms with van der Waals surface area (Å²) in [6.45, 7) is 2.03. The average Bonchev–Trinajstić information content (AvgIpc) is 2.36. The minimum atomic E-state index is 0.478. The third-order valence-electron chi connectivity index (χ3n) is 2.63. The molecule has 0 spiro atoms. The summed E-state index contributed by atoms with van der Waals surface area (Å²) < 4.78 is 1.04. The Hall–Kier alpha value is -1.99. The number of anilines is 3. The molecule has 0 unspecified atom stereocenters. The molecule has 0 saturated carbocycles. The zero-order chi connectivity index (χ0) is 13.1. The second-order valence-corrected chi connectivity index (χ2v) is 4.86. The van der Waals surface area contributed by atoms with E-state index < -0.39 is 0 Å². The highest BCUT2D eigenvalue weighted by Crippen LogP contribution is 2.25. The number of benzene rings is 2. The second kappa shape index (κ2) is 5.11. The number of rotatable bonds is 2. The number of nitrogens with one attached hydrogen (secondary N) is 1. The Morgan fingerprint density at radius 1 is 1.17 bits per heavy atom. The molecule has 2 aromatic rings. The first-order valence-electron chi connectivity index (χ1n) is 5.43. The molecule has 18 heavy (non-hydrogen) atoms. The lowest BCUT2D eigenvalue weighted by Gasteiger charge is -2.09. The third-order valence-corrected chi connectivity index (χ3v) is 3.49. The monoisotopic (exact) mass is 301 g/mol. The van der Waals surface area contributed by atoms with E-state index in [1.807, 2.05) is 31.2 Å². The molecule has 0 bridgehead atoms. The van der Waals surface area contributed by atoms with Gasteiger partial charge in [-0.05, 0) is 42.8 Å². The SMILES string of the molecule is Cc1ccc(Nc2ccc(N)c(C#N)c2)cc1Br. The van der Waals surface area contributed by atoms with Gasteiger partial charge in [0.15, 0.2) is 0 Å². The van der Waals surface area contributed by atoms with Gasteiger partial charge in [0.2, 0.25) is 0 Å². The summed E-state index contributed by atoms with van der Waals surface area (Å²) in [5, 5.41) is 12.2. The Morgan fingerprint density at radius 3 is 2.50 bits per heavy atom. The van der Waals surface area contributed by atoms with Gasteiger partial charge in [-0.15, -0.1) is 0 Å². The van der Waals surface area contributed by atoms with Crippen LogP contribution >= 0.6 is 15.9 Å². The highest BCUT2D eigenvalue weighted by molar-refractivity contribution is 9.10. The minimum absolute atomic E-state index is 0.478. The predicted octanol–water partition coefficient (Wildman–Crippen LogP) is 3.96. The van der Waals surface area contributed by atoms with Crippen LogP contribution in [-0.2, 0) is 0 Å². The zero-order valence-electron chi connectivity index (χ0n) is 9.87. The molecule has 0 aliphatic rings. The van der Waals surface area contributed by atoms with Crippen molar-refractivity contribution in [3.8, 4) is 6.07 Å². The molecular formula is C14H12BrN3. The number of nitrogens with two attached hydrogens (primary N) is 1. The van der Waals surface area contributed by atoms with Gasteiger partial charge >= 0.3 is 0 Å². The average molecular weight is 302 g/mol. The van der Waals surface area contributed by atoms with Crippen molar-refractivity contribution in [3.05, 3.63) is 52.0 Å². The molecule has 0 fully saturated rings. The van der Waals surface area contributed by atoms with Gasteiger partial charge in [0, 0.05) is 21.5 Å². The van der Waals surface area contributed by atoms with Crippen LogP contribution in [0.5, 0.6) is 0 Å². The fourth-order valence-corrected chi connectivity index (χ4v) is 1.95. The van der Waals surface area contributed by atoms with Crippen LogP contribution in [0.2, 0.25) is 0 Å². The van der Waals surface area contributed by atoms with Crippen LogP contribution in [0.4, 0.5) is 17.1 Å². The van der Waals surface area contributed by atoms with Crippen molar-refractivity contribution in [3.63, 3.8) is 0 Å². The fourth-order valence-electron chi connectivity index (χ4n) is 1.57. The van der Waals surface area contributed by atoms with Crippen molar-refractivity contribution in [2.75, 3.05) is 11.1 Å². The standard InChI is InChI=1S/C14H12BrN3/c1-9-2-3-12(7-13(9)15)18-11-4-5-14(17)10(6-11)8-16/h2-7,18H,17H2,1H3. The molecule has 0 aromatic heterocycles. The van der Waals surface area contributed by atoms with Crippen molar-refractivity contribution >= 4 is 33.0 Å². The van der Waals surface area contributed by atoms with Gasteiger partial charge in [-0.25, -0.2) is 0 Å². The fraction of sp³-hybridized carbons (Fsp3) is 0.0714. The molecule has 4 heteroatoms. The highest BCUT2D eigenvalue weighted by atomic mass is 79.9. The lowest BCUT2D eigenvalue weighted by Crippen LogP contribution is -1.94. The van der Waals surface area contributed by atoms with E-state index in [0.717, 1.165) is 15.8 Å². The Bertz CT molecular complexity index is 629. The first-order valence-corrected chi connectivity index (χ1v) is 6.22. The summed E-state index contributed by atoms with van der Waals surface area (Å²) >= 11 is 3.49. The van der Waals surface area contributed by atoms with E-state index in [4.69, 9.17) is 11.0 Å². The predicted molar refractivity (Wildman–Crippen MR) is 77.7 cm³/mol. The molecule has 0 radical (unpaired) electrons. The maximum Gasteiger partial charge on any atom is 0.101 e. The summed E-state index contributed by atoms with van der Waals surface area (Å²) in [5.74, 6) is 0. The maximum absolute atomic E-state index is 8.92. The van der Waals surface area contributed by atoms with Gasteiger partial charge < -0.3 is 11.1 Å². The molecule has 0 aliphatic carbocycles. The first kappa shape index (κ1) is 12.5. The van der Waals surface area contributed by atoms with Gasteiger partial charge in [0.25, 0.3) is 0 Å². The van der Waals surface area contributed by atoms with Crippen LogP contribution in [0.25, 0.3) is 0 Å². The summed E-state index contributed by atoms with van der Waals surface area (Å²) in [7, 11) is 0. The first-order chi connectivity index (χ1) is 8.60. The molecule has 3 N–H and O–H groups in total. The molecule has 3 nitrogen and oxygen atoms in total. The van der Waals surface area contributed by atoms with Gasteiger partial charge in [-0.1, -0.05) is 22.0 Å². The normalized spacial score (nSPS) is 9.83. The van der Waals surface area contributed by atoms with Crippen molar-refractivity contribution in [1.29, 1.82) is 5.26 Å². The Labute approximate surface area is 114 Å². The molecule has 90 valence electrons. The minimum Gasteiger partial charge on any atom is -0.398 e. The van der Waals surface area contributed by atoms with Crippen molar-refractivity contribution in [2.24, 2.45) is 0 Å². The molecule has 0 atom stereocenters.